The van der Waals surface area contributed by atoms with Gasteiger partial charge >= 0.3 is 0 Å². The van der Waals surface area contributed by atoms with E-state index in [0.29, 0.717) is 0 Å². The third-order valence-corrected chi connectivity index (χ3v) is 3.10. The van der Waals surface area contributed by atoms with Crippen LogP contribution in [0.4, 0.5) is 0 Å². The van der Waals surface area contributed by atoms with Crippen LogP contribution in [0.15, 0.2) is 24.7 Å². The molecule has 0 saturated carbocycles. The smallest absolute Gasteiger partial charge is 0.136 e. The zero-order valence-corrected chi connectivity index (χ0v) is 9.75. The normalized spacial score (nSPS) is 18.4. The summed E-state index contributed by atoms with van der Waals surface area (Å²) in [7, 11) is 0. The molecule has 0 amide bonds. The summed E-state index contributed by atoms with van der Waals surface area (Å²) < 4.78 is 7.41. The second-order valence-corrected chi connectivity index (χ2v) is 4.31. The molecule has 3 heterocycles. The van der Waals surface area contributed by atoms with Crippen molar-refractivity contribution in [1.82, 2.24) is 19.5 Å². The number of rotatable bonds is 2. The summed E-state index contributed by atoms with van der Waals surface area (Å²) in [5, 5.41) is 4.28. The Bertz CT molecular complexity index is 488. The Kier molecular flexibility index (Phi) is 3.02. The van der Waals surface area contributed by atoms with Crippen molar-refractivity contribution >= 4 is 5.52 Å². The second kappa shape index (κ2) is 4.81. The first-order valence-corrected chi connectivity index (χ1v) is 6.00. The van der Waals surface area contributed by atoms with E-state index in [1.807, 2.05) is 10.7 Å². The van der Waals surface area contributed by atoms with Gasteiger partial charge in [0.25, 0.3) is 0 Å². The van der Waals surface area contributed by atoms with E-state index >= 15 is 0 Å². The van der Waals surface area contributed by atoms with Crippen molar-refractivity contribution in [3.63, 3.8) is 0 Å². The lowest BCUT2D eigenvalue weighted by Crippen LogP contribution is -2.26. The van der Waals surface area contributed by atoms with Crippen LogP contribution in [0.5, 0.6) is 0 Å². The molecule has 0 N–H and O–H groups in total. The molecular weight excluding hydrogens is 216 g/mol. The second-order valence-electron chi connectivity index (χ2n) is 4.31. The summed E-state index contributed by atoms with van der Waals surface area (Å²) in [6.07, 6.45) is 4.53. The van der Waals surface area contributed by atoms with Crippen LogP contribution in [-0.2, 0) is 11.3 Å². The third-order valence-electron chi connectivity index (χ3n) is 3.10. The van der Waals surface area contributed by atoms with Crippen LogP contribution in [0.3, 0.4) is 0 Å². The van der Waals surface area contributed by atoms with Crippen LogP contribution >= 0.6 is 0 Å². The van der Waals surface area contributed by atoms with E-state index in [2.05, 4.69) is 27.1 Å². The van der Waals surface area contributed by atoms with E-state index in [9.17, 15) is 0 Å². The van der Waals surface area contributed by atoms with Crippen LogP contribution in [0.2, 0.25) is 0 Å². The minimum atomic E-state index is 0.832. The highest BCUT2D eigenvalue weighted by Crippen LogP contribution is 2.11. The van der Waals surface area contributed by atoms with Crippen molar-refractivity contribution in [2.24, 2.45) is 0 Å². The number of ether oxygens (including phenoxy) is 1. The maximum absolute atomic E-state index is 5.46. The topological polar surface area (TPSA) is 42.7 Å². The number of hydrogen-bond donors (Lipinski definition) is 0. The van der Waals surface area contributed by atoms with Crippen LogP contribution in [0.25, 0.3) is 5.52 Å². The first-order valence-electron chi connectivity index (χ1n) is 6.00. The van der Waals surface area contributed by atoms with Crippen LogP contribution < -0.4 is 0 Å². The van der Waals surface area contributed by atoms with Gasteiger partial charge in [-0.3, -0.25) is 4.90 Å². The first kappa shape index (κ1) is 10.7. The highest BCUT2D eigenvalue weighted by Gasteiger charge is 2.11. The maximum Gasteiger partial charge on any atom is 0.136 e. The van der Waals surface area contributed by atoms with E-state index in [0.717, 1.165) is 44.8 Å². The average molecular weight is 232 g/mol. The van der Waals surface area contributed by atoms with Gasteiger partial charge in [-0.1, -0.05) is 0 Å². The van der Waals surface area contributed by atoms with Gasteiger partial charge in [-0.05, 0) is 18.6 Å². The van der Waals surface area contributed by atoms with E-state index in [1.54, 1.807) is 6.33 Å². The zero-order chi connectivity index (χ0) is 11.5. The summed E-state index contributed by atoms with van der Waals surface area (Å²) in [5.74, 6) is 0. The average Bonchev–Trinajstić information content (AvgIpc) is 2.59. The summed E-state index contributed by atoms with van der Waals surface area (Å²) in [5.41, 5.74) is 2.26. The summed E-state index contributed by atoms with van der Waals surface area (Å²) >= 11 is 0. The molecule has 0 atom stereocenters. The van der Waals surface area contributed by atoms with E-state index in [1.165, 1.54) is 5.69 Å². The van der Waals surface area contributed by atoms with E-state index in [-0.39, 0.29) is 0 Å². The van der Waals surface area contributed by atoms with Crippen molar-refractivity contribution < 1.29 is 4.74 Å². The summed E-state index contributed by atoms with van der Waals surface area (Å²) in [6.45, 7) is 4.73. The standard InChI is InChI=1S/C12H16N4O/c1-4-15(5-7-17-6-1)9-12-3-2-11-8-13-10-14-16(11)12/h2-3,8,10H,1,4-7,9H2. The molecule has 2 aromatic rings. The zero-order valence-electron chi connectivity index (χ0n) is 9.75. The SMILES string of the molecule is c1ncc2ccc(CN3CCCOCC3)n2n1. The number of hydrogen-bond acceptors (Lipinski definition) is 4. The van der Waals surface area contributed by atoms with Crippen molar-refractivity contribution in [3.8, 4) is 0 Å². The number of nitrogens with zero attached hydrogens (tertiary/aromatic N) is 4. The Balaban J connectivity index is 1.79. The molecule has 1 fully saturated rings. The summed E-state index contributed by atoms with van der Waals surface area (Å²) in [6, 6.07) is 4.18. The predicted octanol–water partition coefficient (Wildman–Crippen LogP) is 0.952. The lowest BCUT2D eigenvalue weighted by Gasteiger charge is -2.18. The molecule has 5 heteroatoms. The van der Waals surface area contributed by atoms with Gasteiger partial charge in [0.15, 0.2) is 0 Å². The minimum Gasteiger partial charge on any atom is -0.380 e. The molecule has 0 radical (unpaired) electrons. The maximum atomic E-state index is 5.46. The van der Waals surface area contributed by atoms with Gasteiger partial charge in [-0.2, -0.15) is 5.10 Å². The number of fused-ring (bicyclic) bond motifs is 1. The first-order chi connectivity index (χ1) is 8.43. The van der Waals surface area contributed by atoms with Gasteiger partial charge in [0, 0.05) is 26.2 Å². The van der Waals surface area contributed by atoms with Crippen molar-refractivity contribution in [2.45, 2.75) is 13.0 Å². The molecule has 1 aliphatic heterocycles. The van der Waals surface area contributed by atoms with Gasteiger partial charge in [-0.25, -0.2) is 9.50 Å². The fourth-order valence-electron chi connectivity index (χ4n) is 2.22. The van der Waals surface area contributed by atoms with Crippen LogP contribution in [0, 0.1) is 0 Å². The molecule has 0 spiro atoms. The van der Waals surface area contributed by atoms with Crippen LogP contribution in [0.1, 0.15) is 12.1 Å². The van der Waals surface area contributed by atoms with Gasteiger partial charge in [0.05, 0.1) is 24.0 Å². The predicted molar refractivity (Wildman–Crippen MR) is 63.7 cm³/mol. The molecule has 2 aromatic heterocycles. The quantitative estimate of drug-likeness (QED) is 0.773. The lowest BCUT2D eigenvalue weighted by atomic mass is 10.3. The molecular formula is C12H16N4O. The fraction of sp³-hybridized carbons (Fsp3) is 0.500. The fourth-order valence-corrected chi connectivity index (χ4v) is 2.22. The van der Waals surface area contributed by atoms with Crippen molar-refractivity contribution in [1.29, 1.82) is 0 Å². The Morgan fingerprint density at radius 2 is 2.24 bits per heavy atom. The van der Waals surface area contributed by atoms with E-state index in [4.69, 9.17) is 4.74 Å². The molecule has 17 heavy (non-hydrogen) atoms. The van der Waals surface area contributed by atoms with Gasteiger partial charge in [0.2, 0.25) is 0 Å². The molecule has 0 bridgehead atoms. The molecule has 0 aliphatic carbocycles. The van der Waals surface area contributed by atoms with Crippen molar-refractivity contribution in [3.05, 3.63) is 30.4 Å². The lowest BCUT2D eigenvalue weighted by molar-refractivity contribution is 0.140. The van der Waals surface area contributed by atoms with Crippen LogP contribution in [-0.4, -0.2) is 45.8 Å². The van der Waals surface area contributed by atoms with Crippen molar-refractivity contribution in [2.75, 3.05) is 26.3 Å². The third kappa shape index (κ3) is 2.30. The largest absolute Gasteiger partial charge is 0.380 e. The molecule has 1 aliphatic rings. The van der Waals surface area contributed by atoms with Gasteiger partial charge < -0.3 is 4.74 Å². The monoisotopic (exact) mass is 232 g/mol. The highest BCUT2D eigenvalue weighted by atomic mass is 16.5. The van der Waals surface area contributed by atoms with Gasteiger partial charge in [0.1, 0.15) is 6.33 Å². The van der Waals surface area contributed by atoms with E-state index < -0.39 is 0 Å². The Labute approximate surface area is 100 Å². The van der Waals surface area contributed by atoms with Gasteiger partial charge in [-0.15, -0.1) is 0 Å². The Morgan fingerprint density at radius 1 is 1.24 bits per heavy atom. The Morgan fingerprint density at radius 3 is 3.24 bits per heavy atom. The summed E-state index contributed by atoms with van der Waals surface area (Å²) in [4.78, 5) is 6.44. The Hall–Kier alpha value is -1.46. The molecule has 1 saturated heterocycles. The molecule has 3 rings (SSSR count). The molecule has 0 unspecified atom stereocenters. The molecule has 5 nitrogen and oxygen atoms in total. The molecule has 90 valence electrons. The number of aromatic nitrogens is 3. The minimum absolute atomic E-state index is 0.832. The molecule has 0 aromatic carbocycles. The highest BCUT2D eigenvalue weighted by molar-refractivity contribution is 5.45.